The van der Waals surface area contributed by atoms with Gasteiger partial charge >= 0.3 is 11.9 Å². The van der Waals surface area contributed by atoms with Gasteiger partial charge < -0.3 is 54.5 Å². The van der Waals surface area contributed by atoms with Crippen molar-refractivity contribution >= 4 is 23.6 Å². The molecule has 1 fully saturated rings. The third-order valence-corrected chi connectivity index (χ3v) is 12.6. The average Bonchev–Trinajstić information content (AvgIpc) is 3.55. The molecule has 1 unspecified atom stereocenters. The quantitative estimate of drug-likeness (QED) is 0.0825. The lowest BCUT2D eigenvalue weighted by atomic mass is 9.77. The van der Waals surface area contributed by atoms with Gasteiger partial charge in [-0.15, -0.1) is 0 Å². The van der Waals surface area contributed by atoms with Crippen LogP contribution in [0.4, 0.5) is 0 Å². The predicted octanol–water partition coefficient (Wildman–Crippen LogP) is 5.36. The fraction of sp³-hybridized carbons (Fsp3) is 0.625. The van der Waals surface area contributed by atoms with Crippen LogP contribution in [0.2, 0.25) is 0 Å². The van der Waals surface area contributed by atoms with E-state index in [1.54, 1.807) is 65.0 Å². The molecule has 2 heterocycles. The number of nitrogens with one attached hydrogen (secondary N) is 1. The molecule has 352 valence electrons. The minimum Gasteiger partial charge on any atom is -0.510 e. The lowest BCUT2D eigenvalue weighted by Gasteiger charge is -2.48. The third-order valence-electron chi connectivity index (χ3n) is 12.6. The van der Waals surface area contributed by atoms with Gasteiger partial charge in [-0.1, -0.05) is 89.1 Å². The van der Waals surface area contributed by atoms with Crippen molar-refractivity contribution in [2.24, 2.45) is 35.5 Å². The molecule has 1 aliphatic carbocycles. The summed E-state index contributed by atoms with van der Waals surface area (Å²) in [5.41, 5.74) is 1.32. The van der Waals surface area contributed by atoms with Crippen molar-refractivity contribution in [3.8, 4) is 0 Å². The predicted molar refractivity (Wildman–Crippen MR) is 235 cm³/mol. The number of carbonyl (C=O) groups excluding carboxylic acids is 4. The highest BCUT2D eigenvalue weighted by Gasteiger charge is 2.52. The molecule has 0 spiro atoms. The first kappa shape index (κ1) is 53.0. The number of hydrogen-bond donors (Lipinski definition) is 6. The third kappa shape index (κ3) is 14.1. The van der Waals surface area contributed by atoms with Crippen LogP contribution in [0.25, 0.3) is 0 Å². The number of rotatable bonds is 12. The summed E-state index contributed by atoms with van der Waals surface area (Å²) >= 11 is 0. The van der Waals surface area contributed by atoms with Crippen LogP contribution in [0.1, 0.15) is 94.4 Å². The molecule has 0 saturated carbocycles. The standard InChI is InChI=1S/C48H71NO14/c1-12-15-36-30(7)39(61-41(53)21-20-40(52)49-42-34(50)18-19-35(42)51)25-48(58,63-36)32(9)45(56)31(8)46-37(59-10)17-14-16-26(3)22-28(5)43(54)33(13-2)44(55)29(6)23-27(4)24-38(60-11)47(57)62-46/h12,14-17,20-21,23-24,28-33,36-37,39,43-46,50,54-56,58H,13,18-19,22,25H2,1-11H3,(H,49,52)/b15-12+,17-14+,21-20+,26-16+,27-23-,38-24-/t28-,29-,30-,31+,32+,33?,36-,37+,39-,43+,44-,45-,46-,48-/m1/s1. The van der Waals surface area contributed by atoms with Crippen LogP contribution in [-0.4, -0.2) is 112 Å². The Morgan fingerprint density at radius 3 is 2.33 bits per heavy atom. The summed E-state index contributed by atoms with van der Waals surface area (Å²) in [6.07, 6.45) is 7.80. The van der Waals surface area contributed by atoms with Gasteiger partial charge in [0.1, 0.15) is 29.8 Å². The summed E-state index contributed by atoms with van der Waals surface area (Å²) in [4.78, 5) is 51.4. The number of allylic oxidation sites excluding steroid dienone is 8. The number of ketones is 1. The Morgan fingerprint density at radius 2 is 1.75 bits per heavy atom. The zero-order valence-electron chi connectivity index (χ0n) is 38.6. The zero-order valence-corrected chi connectivity index (χ0v) is 38.6. The molecule has 15 nitrogen and oxygen atoms in total. The summed E-state index contributed by atoms with van der Waals surface area (Å²) in [6, 6.07) is 0. The van der Waals surface area contributed by atoms with Crippen molar-refractivity contribution in [2.75, 3.05) is 14.2 Å². The first-order chi connectivity index (χ1) is 29.6. The highest BCUT2D eigenvalue weighted by molar-refractivity contribution is 6.04. The van der Waals surface area contributed by atoms with E-state index in [1.165, 1.54) is 20.3 Å². The van der Waals surface area contributed by atoms with Crippen LogP contribution < -0.4 is 5.32 Å². The molecule has 1 saturated heterocycles. The Morgan fingerprint density at radius 1 is 1.06 bits per heavy atom. The van der Waals surface area contributed by atoms with Crippen molar-refractivity contribution in [2.45, 2.75) is 143 Å². The molecule has 63 heavy (non-hydrogen) atoms. The van der Waals surface area contributed by atoms with E-state index in [-0.39, 0.29) is 48.3 Å². The average molecular weight is 886 g/mol. The van der Waals surface area contributed by atoms with E-state index in [4.69, 9.17) is 23.7 Å². The van der Waals surface area contributed by atoms with Crippen LogP contribution in [0.5, 0.6) is 0 Å². The van der Waals surface area contributed by atoms with Crippen molar-refractivity contribution < 1.29 is 68.4 Å². The van der Waals surface area contributed by atoms with Crippen molar-refractivity contribution in [3.63, 3.8) is 0 Å². The van der Waals surface area contributed by atoms with Gasteiger partial charge in [-0.2, -0.15) is 0 Å². The van der Waals surface area contributed by atoms with Gasteiger partial charge in [0.25, 0.3) is 0 Å². The van der Waals surface area contributed by atoms with Gasteiger partial charge in [0, 0.05) is 68.1 Å². The topological polar surface area (TPSA) is 228 Å². The van der Waals surface area contributed by atoms with Crippen molar-refractivity contribution in [3.05, 3.63) is 83.0 Å². The summed E-state index contributed by atoms with van der Waals surface area (Å²) in [5, 5.41) is 59.2. The smallest absolute Gasteiger partial charge is 0.373 e. The molecule has 0 aromatic carbocycles. The maximum absolute atomic E-state index is 13.9. The summed E-state index contributed by atoms with van der Waals surface area (Å²) in [7, 11) is 2.75. The number of ether oxygens (including phenoxy) is 5. The first-order valence-electron chi connectivity index (χ1n) is 21.9. The Balaban J connectivity index is 1.97. The normalized spacial score (nSPS) is 36.4. The molecule has 14 atom stereocenters. The summed E-state index contributed by atoms with van der Waals surface area (Å²) in [5.74, 6) is -8.99. The van der Waals surface area contributed by atoms with Crippen molar-refractivity contribution in [1.29, 1.82) is 0 Å². The largest absolute Gasteiger partial charge is 0.510 e. The molecule has 0 aromatic heterocycles. The maximum atomic E-state index is 13.9. The summed E-state index contributed by atoms with van der Waals surface area (Å²) in [6.45, 7) is 16.1. The Bertz CT molecular complexity index is 1830. The van der Waals surface area contributed by atoms with Crippen LogP contribution in [0, 0.1) is 35.5 Å². The van der Waals surface area contributed by atoms with Gasteiger partial charge in [-0.3, -0.25) is 9.59 Å². The number of hydrogen-bond acceptors (Lipinski definition) is 14. The van der Waals surface area contributed by atoms with E-state index in [0.29, 0.717) is 18.4 Å². The second kappa shape index (κ2) is 24.1. The maximum Gasteiger partial charge on any atom is 0.373 e. The SMILES string of the molecule is C/C=C/[C@H]1O[C@@](O)([C@@H](C)[C@H](O)[C@H](C)[C@H]2OC(=O)/C(OC)=C/C(C)=C\[C@@H](C)[C@@H](O)C(CC)[C@@H](O)[C@H](C)C/C(C)=C/C=C/[C@@H]2OC)C[C@@H](OC(=O)/C=C/C(=O)NC2=C(O)CCC2=O)[C@@H]1C. The number of aliphatic hydroxyl groups excluding tert-OH is 4. The zero-order chi connectivity index (χ0) is 47.3. The molecule has 2 aliphatic heterocycles. The Kier molecular flexibility index (Phi) is 20.2. The van der Waals surface area contributed by atoms with E-state index < -0.39 is 95.8 Å². The lowest BCUT2D eigenvalue weighted by molar-refractivity contribution is -0.314. The second-order valence-corrected chi connectivity index (χ2v) is 17.4. The lowest BCUT2D eigenvalue weighted by Crippen LogP contribution is -2.58. The molecule has 0 aromatic rings. The fourth-order valence-corrected chi connectivity index (χ4v) is 8.59. The van der Waals surface area contributed by atoms with E-state index in [9.17, 15) is 44.7 Å². The van der Waals surface area contributed by atoms with Gasteiger partial charge in [-0.05, 0) is 45.6 Å². The van der Waals surface area contributed by atoms with Crippen LogP contribution in [-0.2, 0) is 42.9 Å². The molecule has 6 N–H and O–H groups in total. The number of Topliss-reactive ketones (excluding diaryl/α,β-unsaturated/α-hetero) is 1. The van der Waals surface area contributed by atoms with E-state index in [2.05, 4.69) is 5.32 Å². The molecule has 15 heteroatoms. The van der Waals surface area contributed by atoms with Gasteiger partial charge in [0.15, 0.2) is 11.6 Å². The fourth-order valence-electron chi connectivity index (χ4n) is 8.59. The molecule has 1 amide bonds. The highest BCUT2D eigenvalue weighted by Crippen LogP contribution is 2.41. The highest BCUT2D eigenvalue weighted by atomic mass is 16.6. The Hall–Kier alpha value is -4.38. The number of carbonyl (C=O) groups is 4. The molecule has 3 rings (SSSR count). The number of methoxy groups -OCH3 is 2. The molecule has 0 bridgehead atoms. The molecule has 3 aliphatic rings. The number of cyclic esters (lactones) is 1. The molecular weight excluding hydrogens is 815 g/mol. The number of amides is 1. The Labute approximate surface area is 372 Å². The van der Waals surface area contributed by atoms with Crippen LogP contribution in [0.3, 0.4) is 0 Å². The van der Waals surface area contributed by atoms with E-state index in [1.807, 2.05) is 33.8 Å². The number of aliphatic hydroxyl groups is 5. The van der Waals surface area contributed by atoms with Crippen molar-refractivity contribution in [1.82, 2.24) is 5.32 Å². The van der Waals surface area contributed by atoms with Crippen LogP contribution >= 0.6 is 0 Å². The monoisotopic (exact) mass is 885 g/mol. The minimum absolute atomic E-state index is 0.0618. The van der Waals surface area contributed by atoms with E-state index in [0.717, 1.165) is 17.7 Å². The minimum atomic E-state index is -2.10. The first-order valence-corrected chi connectivity index (χ1v) is 21.9. The van der Waals surface area contributed by atoms with Gasteiger partial charge in [-0.25, -0.2) is 9.59 Å². The van der Waals surface area contributed by atoms with E-state index >= 15 is 0 Å². The second-order valence-electron chi connectivity index (χ2n) is 17.4. The van der Waals surface area contributed by atoms with Gasteiger partial charge in [0.2, 0.25) is 11.7 Å². The van der Waals surface area contributed by atoms with Gasteiger partial charge in [0.05, 0.1) is 31.5 Å². The molecular formula is C48H71NO14. The summed E-state index contributed by atoms with van der Waals surface area (Å²) < 4.78 is 29.5. The molecule has 0 radical (unpaired) electrons. The number of esters is 2. The van der Waals surface area contributed by atoms with Crippen LogP contribution in [0.15, 0.2) is 83.0 Å².